The first-order valence-electron chi connectivity index (χ1n) is 7.14. The van der Waals surface area contributed by atoms with Crippen molar-refractivity contribution in [1.29, 1.82) is 0 Å². The molecular formula is C16H13ClN2O5S. The van der Waals surface area contributed by atoms with Crippen molar-refractivity contribution in [3.63, 3.8) is 0 Å². The fourth-order valence-electron chi connectivity index (χ4n) is 2.23. The molecule has 1 atom stereocenters. The van der Waals surface area contributed by atoms with E-state index in [2.05, 4.69) is 4.98 Å². The molecule has 3 rings (SSSR count). The SMILES string of the molecule is NC1=C(OS(=O)(=O)Cc2ccccn2)C(=O)C(c2ccc(Cl)cc2)O1. The molecule has 25 heavy (non-hydrogen) atoms. The number of rotatable bonds is 5. The molecule has 2 heterocycles. The summed E-state index contributed by atoms with van der Waals surface area (Å²) >= 11 is 5.81. The highest BCUT2D eigenvalue weighted by molar-refractivity contribution is 7.86. The molecule has 0 fully saturated rings. The van der Waals surface area contributed by atoms with Gasteiger partial charge in [0.15, 0.2) is 6.10 Å². The van der Waals surface area contributed by atoms with Gasteiger partial charge in [-0.05, 0) is 24.3 Å². The molecule has 1 aromatic heterocycles. The zero-order valence-electron chi connectivity index (χ0n) is 12.8. The molecule has 9 heteroatoms. The molecule has 0 saturated heterocycles. The lowest BCUT2D eigenvalue weighted by atomic mass is 10.1. The van der Waals surface area contributed by atoms with Crippen molar-refractivity contribution in [2.75, 3.05) is 0 Å². The molecule has 0 amide bonds. The van der Waals surface area contributed by atoms with E-state index in [1.54, 1.807) is 36.4 Å². The monoisotopic (exact) mass is 380 g/mol. The zero-order chi connectivity index (χ0) is 18.0. The van der Waals surface area contributed by atoms with Crippen LogP contribution in [-0.2, 0) is 29.6 Å². The van der Waals surface area contributed by atoms with Gasteiger partial charge in [-0.1, -0.05) is 29.8 Å². The van der Waals surface area contributed by atoms with E-state index in [0.29, 0.717) is 10.6 Å². The lowest BCUT2D eigenvalue weighted by Gasteiger charge is -2.09. The van der Waals surface area contributed by atoms with Gasteiger partial charge in [-0.2, -0.15) is 8.42 Å². The van der Waals surface area contributed by atoms with Crippen molar-refractivity contribution in [3.8, 4) is 0 Å². The van der Waals surface area contributed by atoms with Crippen molar-refractivity contribution in [1.82, 2.24) is 4.98 Å². The summed E-state index contributed by atoms with van der Waals surface area (Å²) in [5.41, 5.74) is 6.40. The zero-order valence-corrected chi connectivity index (χ0v) is 14.3. The molecule has 1 unspecified atom stereocenters. The fourth-order valence-corrected chi connectivity index (χ4v) is 3.37. The van der Waals surface area contributed by atoms with Crippen molar-refractivity contribution < 1.29 is 22.1 Å². The van der Waals surface area contributed by atoms with Crippen LogP contribution in [0.2, 0.25) is 5.02 Å². The van der Waals surface area contributed by atoms with E-state index in [1.165, 1.54) is 12.3 Å². The van der Waals surface area contributed by atoms with E-state index < -0.39 is 33.5 Å². The summed E-state index contributed by atoms with van der Waals surface area (Å²) in [5.74, 6) is -2.08. The van der Waals surface area contributed by atoms with Gasteiger partial charge in [0.2, 0.25) is 17.4 Å². The number of Topliss-reactive ketones (excluding diaryl/α,β-unsaturated/α-hetero) is 1. The van der Waals surface area contributed by atoms with Crippen LogP contribution in [0.15, 0.2) is 60.3 Å². The molecule has 1 aromatic carbocycles. The Bertz CT molecular complexity index is 927. The maximum absolute atomic E-state index is 12.4. The number of ketones is 1. The predicted molar refractivity (Wildman–Crippen MR) is 89.4 cm³/mol. The Hall–Kier alpha value is -2.58. The molecule has 7 nitrogen and oxygen atoms in total. The number of hydrogen-bond donors (Lipinski definition) is 1. The van der Waals surface area contributed by atoms with Crippen molar-refractivity contribution in [3.05, 3.63) is 76.6 Å². The van der Waals surface area contributed by atoms with Gasteiger partial charge < -0.3 is 14.7 Å². The van der Waals surface area contributed by atoms with Gasteiger partial charge in [-0.15, -0.1) is 0 Å². The molecule has 130 valence electrons. The fraction of sp³-hybridized carbons (Fsp3) is 0.125. The maximum Gasteiger partial charge on any atom is 0.315 e. The van der Waals surface area contributed by atoms with E-state index >= 15 is 0 Å². The summed E-state index contributed by atoms with van der Waals surface area (Å²) in [6, 6.07) is 11.2. The second-order valence-electron chi connectivity index (χ2n) is 5.21. The number of pyridine rings is 1. The van der Waals surface area contributed by atoms with Crippen molar-refractivity contribution in [2.24, 2.45) is 5.73 Å². The first kappa shape index (κ1) is 17.2. The van der Waals surface area contributed by atoms with Gasteiger partial charge in [0.25, 0.3) is 0 Å². The molecule has 1 aliphatic heterocycles. The average molecular weight is 381 g/mol. The van der Waals surface area contributed by atoms with Gasteiger partial charge in [0.05, 0.1) is 5.69 Å². The molecular weight excluding hydrogens is 368 g/mol. The predicted octanol–water partition coefficient (Wildman–Crippen LogP) is 2.05. The minimum atomic E-state index is -4.12. The van der Waals surface area contributed by atoms with Crippen LogP contribution in [0, 0.1) is 0 Å². The summed E-state index contributed by atoms with van der Waals surface area (Å²) in [7, 11) is -4.12. The van der Waals surface area contributed by atoms with Crippen LogP contribution in [0.4, 0.5) is 0 Å². The summed E-state index contributed by atoms with van der Waals surface area (Å²) < 4.78 is 34.5. The van der Waals surface area contributed by atoms with Crippen LogP contribution in [0.25, 0.3) is 0 Å². The van der Waals surface area contributed by atoms with Crippen molar-refractivity contribution in [2.45, 2.75) is 11.9 Å². The second-order valence-corrected chi connectivity index (χ2v) is 7.22. The summed E-state index contributed by atoms with van der Waals surface area (Å²) in [5, 5.41) is 0.490. The Balaban J connectivity index is 1.77. The number of ether oxygens (including phenoxy) is 1. The third-order valence-corrected chi connectivity index (χ3v) is 4.69. The molecule has 0 saturated carbocycles. The number of hydrogen-bond acceptors (Lipinski definition) is 7. The molecule has 0 aliphatic carbocycles. The molecule has 1 aliphatic rings. The number of nitrogens with two attached hydrogens (primary N) is 1. The first-order valence-corrected chi connectivity index (χ1v) is 9.09. The molecule has 0 radical (unpaired) electrons. The highest BCUT2D eigenvalue weighted by Crippen LogP contribution is 2.33. The Morgan fingerprint density at radius 2 is 1.92 bits per heavy atom. The standard InChI is InChI=1S/C16H13ClN2O5S/c17-11-6-4-10(5-7-11)14-13(20)15(16(18)23-14)24-25(21,22)9-12-3-1-2-8-19-12/h1-8,14H,9,18H2. The topological polar surface area (TPSA) is 109 Å². The highest BCUT2D eigenvalue weighted by atomic mass is 35.5. The van der Waals surface area contributed by atoms with Crippen LogP contribution in [-0.4, -0.2) is 19.2 Å². The summed E-state index contributed by atoms with van der Waals surface area (Å²) in [6.45, 7) is 0. The van der Waals surface area contributed by atoms with Gasteiger partial charge >= 0.3 is 10.1 Å². The normalized spacial score (nSPS) is 17.5. The van der Waals surface area contributed by atoms with Crippen LogP contribution >= 0.6 is 11.6 Å². The summed E-state index contributed by atoms with van der Waals surface area (Å²) in [4.78, 5) is 16.3. The number of halogens is 1. The molecule has 0 spiro atoms. The Kier molecular flexibility index (Phi) is 4.65. The van der Waals surface area contributed by atoms with Gasteiger partial charge in [-0.3, -0.25) is 9.78 Å². The van der Waals surface area contributed by atoms with Crippen LogP contribution < -0.4 is 5.73 Å². The quantitative estimate of drug-likeness (QED) is 0.790. The Labute approximate surface area is 149 Å². The number of carbonyl (C=O) groups excluding carboxylic acids is 1. The lowest BCUT2D eigenvalue weighted by Crippen LogP contribution is -2.16. The van der Waals surface area contributed by atoms with E-state index in [1.807, 2.05) is 0 Å². The molecule has 2 aromatic rings. The van der Waals surface area contributed by atoms with E-state index in [-0.39, 0.29) is 11.6 Å². The van der Waals surface area contributed by atoms with Gasteiger partial charge in [0.1, 0.15) is 5.75 Å². The average Bonchev–Trinajstić information content (AvgIpc) is 2.84. The number of carbonyl (C=O) groups is 1. The number of aromatic nitrogens is 1. The highest BCUT2D eigenvalue weighted by Gasteiger charge is 2.39. The molecule has 0 bridgehead atoms. The Morgan fingerprint density at radius 3 is 2.56 bits per heavy atom. The van der Waals surface area contributed by atoms with E-state index in [0.717, 1.165) is 0 Å². The minimum absolute atomic E-state index is 0.280. The van der Waals surface area contributed by atoms with E-state index in [9.17, 15) is 13.2 Å². The number of nitrogens with zero attached hydrogens (tertiary/aromatic N) is 1. The number of benzene rings is 1. The maximum atomic E-state index is 12.4. The van der Waals surface area contributed by atoms with Gasteiger partial charge in [-0.25, -0.2) is 0 Å². The largest absolute Gasteiger partial charge is 0.460 e. The third-order valence-electron chi connectivity index (χ3n) is 3.36. The summed E-state index contributed by atoms with van der Waals surface area (Å²) in [6.07, 6.45) is 0.385. The minimum Gasteiger partial charge on any atom is -0.460 e. The van der Waals surface area contributed by atoms with Gasteiger partial charge in [0, 0.05) is 16.8 Å². The lowest BCUT2D eigenvalue weighted by molar-refractivity contribution is -0.123. The first-order chi connectivity index (χ1) is 11.9. The van der Waals surface area contributed by atoms with Crippen LogP contribution in [0.5, 0.6) is 0 Å². The van der Waals surface area contributed by atoms with Crippen LogP contribution in [0.3, 0.4) is 0 Å². The Morgan fingerprint density at radius 1 is 1.20 bits per heavy atom. The van der Waals surface area contributed by atoms with E-state index in [4.69, 9.17) is 26.3 Å². The smallest absolute Gasteiger partial charge is 0.315 e. The van der Waals surface area contributed by atoms with Crippen LogP contribution in [0.1, 0.15) is 17.4 Å². The van der Waals surface area contributed by atoms with Crippen molar-refractivity contribution >= 4 is 27.5 Å². The molecule has 2 N–H and O–H groups in total. The third kappa shape index (κ3) is 3.92. The second kappa shape index (κ2) is 6.73.